The molecule has 0 saturated carbocycles. The van der Waals surface area contributed by atoms with Crippen LogP contribution in [0, 0.1) is 0 Å². The molecule has 3 nitrogen and oxygen atoms in total. The molecule has 0 aliphatic rings. The summed E-state index contributed by atoms with van der Waals surface area (Å²) in [7, 11) is 1.70. The third-order valence-electron chi connectivity index (χ3n) is 7.45. The van der Waals surface area contributed by atoms with Crippen LogP contribution in [0.5, 0.6) is 17.2 Å². The van der Waals surface area contributed by atoms with Gasteiger partial charge in [-0.05, 0) is 0 Å². The van der Waals surface area contributed by atoms with Crippen molar-refractivity contribution in [2.75, 3.05) is 7.11 Å². The Morgan fingerprint density at radius 3 is 1.86 bits per heavy atom. The molecule has 196 valence electrons. The first kappa shape index (κ1) is 28.7. The van der Waals surface area contributed by atoms with Crippen LogP contribution in [-0.4, -0.2) is 36.7 Å². The molecule has 0 saturated heterocycles. The van der Waals surface area contributed by atoms with Crippen LogP contribution in [0.15, 0.2) is 48.5 Å². The second-order valence-corrected chi connectivity index (χ2v) is 23.7. The fraction of sp³-hybridized carbons (Fsp3) is 0.500. The van der Waals surface area contributed by atoms with E-state index in [1.54, 1.807) is 10.7 Å². The molecule has 36 heavy (non-hydrogen) atoms. The molecule has 0 aliphatic carbocycles. The van der Waals surface area contributed by atoms with Gasteiger partial charge in [0.05, 0.1) is 0 Å². The zero-order valence-electron chi connectivity index (χ0n) is 23.3. The Labute approximate surface area is 223 Å². The molecule has 0 bridgehead atoms. The first-order valence-electron chi connectivity index (χ1n) is 14.0. The quantitative estimate of drug-likeness (QED) is 0.189. The molecule has 3 aromatic carbocycles. The maximum atomic E-state index is 11.8. The van der Waals surface area contributed by atoms with E-state index in [1.807, 2.05) is 44.2 Å². The molecule has 0 radical (unpaired) electrons. The molecule has 0 aromatic heterocycles. The summed E-state index contributed by atoms with van der Waals surface area (Å²) in [6.45, 7) is 11.0. The van der Waals surface area contributed by atoms with E-state index in [1.165, 1.54) is 51.8 Å². The van der Waals surface area contributed by atoms with Crippen molar-refractivity contribution in [3.05, 3.63) is 48.5 Å². The monoisotopic (exact) mass is 598 g/mol. The van der Waals surface area contributed by atoms with Crippen molar-refractivity contribution < 1.29 is 14.6 Å². The number of phenols is 1. The van der Waals surface area contributed by atoms with Gasteiger partial charge in [-0.2, -0.15) is 0 Å². The van der Waals surface area contributed by atoms with Crippen LogP contribution in [0.25, 0.3) is 21.9 Å². The van der Waals surface area contributed by atoms with Gasteiger partial charge in [0.2, 0.25) is 0 Å². The Balaban J connectivity index is 2.32. The van der Waals surface area contributed by atoms with Gasteiger partial charge in [0, 0.05) is 0 Å². The predicted molar refractivity (Wildman–Crippen MR) is 158 cm³/mol. The van der Waals surface area contributed by atoms with Gasteiger partial charge in [0.25, 0.3) is 0 Å². The molecule has 0 heterocycles. The maximum absolute atomic E-state index is 11.8. The summed E-state index contributed by atoms with van der Waals surface area (Å²) in [5.74, 6) is 1.63. The van der Waals surface area contributed by atoms with Gasteiger partial charge in [0.1, 0.15) is 0 Å². The number of fused-ring (bicyclic) bond motifs is 1. The summed E-state index contributed by atoms with van der Waals surface area (Å²) >= 11 is -2.67. The van der Waals surface area contributed by atoms with Gasteiger partial charge >= 0.3 is 224 Å². The number of unbranched alkanes of at least 4 members (excludes halogenated alkanes) is 3. The number of benzene rings is 3. The minimum atomic E-state index is -2.67. The number of hydrogen-bond acceptors (Lipinski definition) is 3. The summed E-state index contributed by atoms with van der Waals surface area (Å²) < 4.78 is 18.0. The van der Waals surface area contributed by atoms with Crippen molar-refractivity contribution >= 4 is 32.7 Å². The summed E-state index contributed by atoms with van der Waals surface area (Å²) in [4.78, 5) is 0. The van der Waals surface area contributed by atoms with Crippen LogP contribution >= 0.6 is 0 Å². The van der Waals surface area contributed by atoms with Crippen LogP contribution in [0.2, 0.25) is 13.3 Å². The Morgan fingerprint density at radius 1 is 0.778 bits per heavy atom. The molecular weight excluding hydrogens is 551 g/mol. The first-order valence-corrected chi connectivity index (χ1v) is 21.5. The Kier molecular flexibility index (Phi) is 10.8. The molecule has 1 N–H and O–H groups in total. The molecule has 0 atom stereocenters. The third kappa shape index (κ3) is 6.33. The van der Waals surface area contributed by atoms with E-state index in [0.717, 1.165) is 21.9 Å². The van der Waals surface area contributed by atoms with Crippen LogP contribution in [0.3, 0.4) is 0 Å². The zero-order chi connectivity index (χ0) is 26.1. The van der Waals surface area contributed by atoms with E-state index in [9.17, 15) is 5.11 Å². The average Bonchev–Trinajstić information content (AvgIpc) is 2.89. The van der Waals surface area contributed by atoms with Gasteiger partial charge in [-0.3, -0.25) is 0 Å². The van der Waals surface area contributed by atoms with Crippen molar-refractivity contribution in [2.45, 2.75) is 92.6 Å². The van der Waals surface area contributed by atoms with E-state index in [2.05, 4.69) is 39.0 Å². The number of ether oxygens (including phenoxy) is 2. The minimum absolute atomic E-state index is 0.0431. The van der Waals surface area contributed by atoms with Gasteiger partial charge in [-0.1, -0.05) is 0 Å². The summed E-state index contributed by atoms with van der Waals surface area (Å²) in [5.41, 5.74) is 1.66. The fourth-order valence-corrected chi connectivity index (χ4v) is 21.5. The number of methoxy groups -OCH3 is 1. The van der Waals surface area contributed by atoms with Crippen LogP contribution in [0.1, 0.15) is 73.1 Å². The normalized spacial score (nSPS) is 11.9. The topological polar surface area (TPSA) is 38.7 Å². The van der Waals surface area contributed by atoms with Crippen molar-refractivity contribution in [1.29, 1.82) is 0 Å². The summed E-state index contributed by atoms with van der Waals surface area (Å²) in [5, 5.41) is 13.6. The Bertz CT molecular complexity index is 1090. The second kappa shape index (κ2) is 13.6. The van der Waals surface area contributed by atoms with E-state index in [4.69, 9.17) is 9.47 Å². The van der Waals surface area contributed by atoms with Crippen molar-refractivity contribution in [3.8, 4) is 28.4 Å². The molecular formula is C32H46O3Sn. The Morgan fingerprint density at radius 2 is 1.36 bits per heavy atom. The van der Waals surface area contributed by atoms with Crippen molar-refractivity contribution in [3.63, 3.8) is 0 Å². The van der Waals surface area contributed by atoms with E-state index in [0.29, 0.717) is 17.2 Å². The number of hydrogen-bond donors (Lipinski definition) is 1. The SMILES string of the molecule is CCC[CH2][Sn]([CH2]CCC)([CH2]CCC)[c]1ccc2c(OC)c(OC(C)C)c(-c3ccccc3)c(O)c2c1. The zero-order valence-corrected chi connectivity index (χ0v) is 26.2. The molecule has 0 fully saturated rings. The molecule has 0 spiro atoms. The van der Waals surface area contributed by atoms with E-state index < -0.39 is 18.4 Å². The van der Waals surface area contributed by atoms with Gasteiger partial charge < -0.3 is 0 Å². The Hall–Kier alpha value is -1.88. The molecule has 0 unspecified atom stereocenters. The first-order chi connectivity index (χ1) is 17.4. The van der Waals surface area contributed by atoms with Crippen molar-refractivity contribution in [2.24, 2.45) is 0 Å². The summed E-state index contributed by atoms with van der Waals surface area (Å²) in [6, 6.07) is 17.0. The second-order valence-electron chi connectivity index (χ2n) is 10.5. The van der Waals surface area contributed by atoms with Gasteiger partial charge in [0.15, 0.2) is 0 Å². The molecule has 0 aliphatic heterocycles. The summed E-state index contributed by atoms with van der Waals surface area (Å²) in [6.07, 6.45) is 7.64. The van der Waals surface area contributed by atoms with Crippen LogP contribution < -0.4 is 13.1 Å². The van der Waals surface area contributed by atoms with E-state index >= 15 is 0 Å². The van der Waals surface area contributed by atoms with Crippen LogP contribution in [-0.2, 0) is 0 Å². The average molecular weight is 597 g/mol. The van der Waals surface area contributed by atoms with Gasteiger partial charge in [-0.25, -0.2) is 0 Å². The number of rotatable bonds is 14. The standard InChI is InChI=1S/C20H19O3.3C4H9.Sn/c1-13(2)23-20-17(14-9-5-4-6-10-14)18(21)15-11-7-8-12-16(15)19(20)22-3;3*1-3-4-2;/h4-6,8-13,21H,1-3H3;3*1,3-4H2,2H3;. The van der Waals surface area contributed by atoms with E-state index in [-0.39, 0.29) is 6.10 Å². The van der Waals surface area contributed by atoms with Crippen LogP contribution in [0.4, 0.5) is 0 Å². The predicted octanol–water partition coefficient (Wildman–Crippen LogP) is 9.06. The number of aromatic hydroxyl groups is 1. The third-order valence-corrected chi connectivity index (χ3v) is 23.1. The molecule has 0 amide bonds. The van der Waals surface area contributed by atoms with Gasteiger partial charge in [-0.15, -0.1) is 0 Å². The molecule has 4 heteroatoms. The van der Waals surface area contributed by atoms with Crippen molar-refractivity contribution in [1.82, 2.24) is 0 Å². The molecule has 3 rings (SSSR count). The number of phenolic OH excluding ortho intramolecular Hbond substituents is 1. The fourth-order valence-electron chi connectivity index (χ4n) is 5.52. The molecule has 3 aromatic rings.